The van der Waals surface area contributed by atoms with Crippen molar-refractivity contribution in [2.45, 2.75) is 91.4 Å². The van der Waals surface area contributed by atoms with E-state index in [-0.39, 0.29) is 0 Å². The number of unbranched alkanes of at least 4 members (excludes halogenated alkanes) is 5. The zero-order chi connectivity index (χ0) is 14.1. The van der Waals surface area contributed by atoms with Crippen molar-refractivity contribution < 1.29 is 4.52 Å². The van der Waals surface area contributed by atoms with Crippen LogP contribution in [0.2, 0.25) is 0 Å². The second-order valence-corrected chi connectivity index (χ2v) is 5.78. The van der Waals surface area contributed by atoms with Gasteiger partial charge >= 0.3 is 0 Å². The Kier molecular flexibility index (Phi) is 7.85. The van der Waals surface area contributed by atoms with Crippen LogP contribution in [0, 0.1) is 13.8 Å². The molecule has 0 aliphatic heterocycles. The van der Waals surface area contributed by atoms with Gasteiger partial charge in [-0.3, -0.25) is 0 Å². The van der Waals surface area contributed by atoms with Gasteiger partial charge in [-0.2, -0.15) is 0 Å². The molecular weight excluding hydrogens is 234 g/mol. The molecule has 19 heavy (non-hydrogen) atoms. The lowest BCUT2D eigenvalue weighted by Crippen LogP contribution is -2.02. The summed E-state index contributed by atoms with van der Waals surface area (Å²) < 4.78 is 5.35. The Hall–Kier alpha value is -0.790. The number of hydrogen-bond acceptors (Lipinski definition) is 2. The van der Waals surface area contributed by atoms with Crippen LogP contribution in [-0.4, -0.2) is 5.16 Å². The maximum Gasteiger partial charge on any atom is 0.137 e. The largest absolute Gasteiger partial charge is 0.361 e. The predicted octanol–water partition coefficient (Wildman–Crippen LogP) is 5.93. The highest BCUT2D eigenvalue weighted by atomic mass is 16.5. The summed E-state index contributed by atoms with van der Waals surface area (Å²) in [5.41, 5.74) is 2.50. The van der Waals surface area contributed by atoms with Crippen LogP contribution in [0.5, 0.6) is 0 Å². The zero-order valence-corrected chi connectivity index (χ0v) is 13.3. The van der Waals surface area contributed by atoms with Crippen LogP contribution >= 0.6 is 0 Å². The number of nitrogens with zero attached hydrogens (tertiary/aromatic N) is 1. The molecule has 1 unspecified atom stereocenters. The lowest BCUT2D eigenvalue weighted by molar-refractivity contribution is 0.390. The molecule has 2 heteroatoms. The van der Waals surface area contributed by atoms with Crippen LogP contribution in [0.4, 0.5) is 0 Å². The van der Waals surface area contributed by atoms with E-state index in [0.717, 1.165) is 11.5 Å². The molecule has 1 rings (SSSR count). The highest BCUT2D eigenvalue weighted by Gasteiger charge is 2.19. The summed E-state index contributed by atoms with van der Waals surface area (Å²) in [5.74, 6) is 1.69. The smallest absolute Gasteiger partial charge is 0.137 e. The molecule has 0 aliphatic carbocycles. The van der Waals surface area contributed by atoms with Crippen molar-refractivity contribution in [3.8, 4) is 0 Å². The van der Waals surface area contributed by atoms with E-state index in [0.29, 0.717) is 5.92 Å². The van der Waals surface area contributed by atoms with Crippen LogP contribution in [0.3, 0.4) is 0 Å². The highest BCUT2D eigenvalue weighted by Crippen LogP contribution is 2.32. The van der Waals surface area contributed by atoms with Gasteiger partial charge in [0.2, 0.25) is 0 Å². The SMILES string of the molecule is CCCCCCCC(CCCC)c1c(C)noc1C. The van der Waals surface area contributed by atoms with Gasteiger partial charge in [0.1, 0.15) is 5.76 Å². The van der Waals surface area contributed by atoms with Gasteiger partial charge in [0, 0.05) is 5.56 Å². The minimum Gasteiger partial charge on any atom is -0.361 e. The van der Waals surface area contributed by atoms with Crippen molar-refractivity contribution in [1.29, 1.82) is 0 Å². The third kappa shape index (κ3) is 5.38. The molecule has 1 atom stereocenters. The molecular formula is C17H31NO. The first-order chi connectivity index (χ1) is 9.20. The number of aryl methyl sites for hydroxylation is 2. The fraction of sp³-hybridized carbons (Fsp3) is 0.824. The Labute approximate surface area is 119 Å². The third-order valence-electron chi connectivity index (χ3n) is 4.06. The van der Waals surface area contributed by atoms with Crippen LogP contribution in [0.25, 0.3) is 0 Å². The van der Waals surface area contributed by atoms with E-state index in [2.05, 4.69) is 32.9 Å². The quantitative estimate of drug-likeness (QED) is 0.490. The predicted molar refractivity (Wildman–Crippen MR) is 81.6 cm³/mol. The van der Waals surface area contributed by atoms with Crippen molar-refractivity contribution in [3.63, 3.8) is 0 Å². The van der Waals surface area contributed by atoms with Crippen molar-refractivity contribution in [2.75, 3.05) is 0 Å². The van der Waals surface area contributed by atoms with E-state index < -0.39 is 0 Å². The monoisotopic (exact) mass is 265 g/mol. The van der Waals surface area contributed by atoms with Crippen molar-refractivity contribution in [2.24, 2.45) is 0 Å². The minimum absolute atomic E-state index is 0.660. The molecule has 110 valence electrons. The first-order valence-corrected chi connectivity index (χ1v) is 8.13. The standard InChI is InChI=1S/C17H31NO/c1-5-7-9-10-11-13-16(12-8-6-2)17-14(3)18-19-15(17)4/h16H,5-13H2,1-4H3. The van der Waals surface area contributed by atoms with Crippen LogP contribution in [0.15, 0.2) is 4.52 Å². The lowest BCUT2D eigenvalue weighted by Gasteiger charge is -2.16. The third-order valence-corrected chi connectivity index (χ3v) is 4.06. The van der Waals surface area contributed by atoms with Crippen molar-refractivity contribution in [1.82, 2.24) is 5.16 Å². The summed E-state index contributed by atoms with van der Waals surface area (Å²) in [5, 5.41) is 4.13. The molecule has 0 saturated heterocycles. The van der Waals surface area contributed by atoms with Gasteiger partial charge in [0.15, 0.2) is 0 Å². The van der Waals surface area contributed by atoms with E-state index in [1.807, 2.05) is 0 Å². The molecule has 2 nitrogen and oxygen atoms in total. The average Bonchev–Trinajstić information content (AvgIpc) is 2.73. The number of hydrogen-bond donors (Lipinski definition) is 0. The summed E-state index contributed by atoms with van der Waals surface area (Å²) in [4.78, 5) is 0. The van der Waals surface area contributed by atoms with Crippen molar-refractivity contribution >= 4 is 0 Å². The summed E-state index contributed by atoms with van der Waals surface area (Å²) >= 11 is 0. The van der Waals surface area contributed by atoms with E-state index in [9.17, 15) is 0 Å². The molecule has 1 aromatic rings. The van der Waals surface area contributed by atoms with E-state index in [4.69, 9.17) is 4.52 Å². The fourth-order valence-corrected chi connectivity index (χ4v) is 2.95. The second kappa shape index (κ2) is 9.17. The summed E-state index contributed by atoms with van der Waals surface area (Å²) in [6, 6.07) is 0. The van der Waals surface area contributed by atoms with E-state index >= 15 is 0 Å². The highest BCUT2D eigenvalue weighted by molar-refractivity contribution is 5.25. The minimum atomic E-state index is 0.660. The number of rotatable bonds is 10. The lowest BCUT2D eigenvalue weighted by atomic mass is 9.87. The normalized spacial score (nSPS) is 12.8. The topological polar surface area (TPSA) is 26.0 Å². The van der Waals surface area contributed by atoms with Crippen LogP contribution in [0.1, 0.15) is 94.6 Å². The first kappa shape index (κ1) is 16.3. The molecule has 0 saturated carbocycles. The molecule has 0 aromatic carbocycles. The molecule has 1 heterocycles. The molecule has 0 radical (unpaired) electrons. The zero-order valence-electron chi connectivity index (χ0n) is 13.3. The van der Waals surface area contributed by atoms with Crippen molar-refractivity contribution in [3.05, 3.63) is 17.0 Å². The van der Waals surface area contributed by atoms with Gasteiger partial charge in [-0.25, -0.2) is 0 Å². The second-order valence-electron chi connectivity index (χ2n) is 5.78. The Bertz CT molecular complexity index is 324. The van der Waals surface area contributed by atoms with Gasteiger partial charge in [-0.15, -0.1) is 0 Å². The maximum absolute atomic E-state index is 5.35. The fourth-order valence-electron chi connectivity index (χ4n) is 2.95. The molecule has 0 fully saturated rings. The van der Waals surface area contributed by atoms with Gasteiger partial charge in [-0.05, 0) is 32.6 Å². The molecule has 0 spiro atoms. The van der Waals surface area contributed by atoms with E-state index in [1.165, 1.54) is 63.4 Å². The average molecular weight is 265 g/mol. The van der Waals surface area contributed by atoms with Gasteiger partial charge in [0.05, 0.1) is 5.69 Å². The molecule has 0 bridgehead atoms. The Morgan fingerprint density at radius 3 is 2.11 bits per heavy atom. The Morgan fingerprint density at radius 1 is 0.895 bits per heavy atom. The van der Waals surface area contributed by atoms with Crippen LogP contribution in [-0.2, 0) is 0 Å². The van der Waals surface area contributed by atoms with Gasteiger partial charge in [0.25, 0.3) is 0 Å². The Balaban J connectivity index is 2.52. The van der Waals surface area contributed by atoms with Crippen LogP contribution < -0.4 is 0 Å². The molecule has 0 amide bonds. The first-order valence-electron chi connectivity index (χ1n) is 8.13. The molecule has 0 aliphatic rings. The number of aromatic nitrogens is 1. The van der Waals surface area contributed by atoms with Gasteiger partial charge < -0.3 is 4.52 Å². The summed E-state index contributed by atoms with van der Waals surface area (Å²) in [7, 11) is 0. The summed E-state index contributed by atoms with van der Waals surface area (Å²) in [6.07, 6.45) is 12.0. The van der Waals surface area contributed by atoms with E-state index in [1.54, 1.807) is 0 Å². The summed E-state index contributed by atoms with van der Waals surface area (Å²) in [6.45, 7) is 8.69. The molecule has 1 aromatic heterocycles. The maximum atomic E-state index is 5.35. The molecule has 0 N–H and O–H groups in total. The Morgan fingerprint density at radius 2 is 1.53 bits per heavy atom. The van der Waals surface area contributed by atoms with Gasteiger partial charge in [-0.1, -0.05) is 63.9 Å².